The first-order valence-electron chi connectivity index (χ1n) is 5.06. The fourth-order valence-corrected chi connectivity index (χ4v) is 1.74. The summed E-state index contributed by atoms with van der Waals surface area (Å²) in [6.07, 6.45) is 3.23. The molecular weight excluding hydrogens is 298 g/mol. The monoisotopic (exact) mass is 307 g/mol. The summed E-state index contributed by atoms with van der Waals surface area (Å²) < 4.78 is 6.44. The molecule has 0 saturated heterocycles. The van der Waals surface area contributed by atoms with Crippen LogP contribution >= 0.6 is 15.9 Å². The molecule has 18 heavy (non-hydrogen) atoms. The Morgan fingerprint density at radius 1 is 1.39 bits per heavy atom. The number of benzene rings is 1. The molecule has 92 valence electrons. The SMILES string of the molecule is N/C(=N/O)c1cc(Br)ccc1Oc1cccnc1. The second-order valence-corrected chi connectivity index (χ2v) is 4.33. The van der Waals surface area contributed by atoms with Crippen molar-refractivity contribution in [2.45, 2.75) is 0 Å². The quantitative estimate of drug-likeness (QED) is 0.395. The second-order valence-electron chi connectivity index (χ2n) is 3.42. The van der Waals surface area contributed by atoms with Gasteiger partial charge in [-0.25, -0.2) is 0 Å². The van der Waals surface area contributed by atoms with Gasteiger partial charge in [-0.2, -0.15) is 0 Å². The zero-order valence-corrected chi connectivity index (χ0v) is 10.8. The van der Waals surface area contributed by atoms with E-state index < -0.39 is 0 Å². The maximum absolute atomic E-state index is 8.75. The van der Waals surface area contributed by atoms with Gasteiger partial charge in [0.15, 0.2) is 5.84 Å². The number of hydrogen-bond acceptors (Lipinski definition) is 4. The highest BCUT2D eigenvalue weighted by Crippen LogP contribution is 2.27. The molecule has 0 amide bonds. The summed E-state index contributed by atoms with van der Waals surface area (Å²) in [6.45, 7) is 0. The Kier molecular flexibility index (Phi) is 3.78. The van der Waals surface area contributed by atoms with E-state index in [2.05, 4.69) is 26.1 Å². The minimum Gasteiger partial charge on any atom is -0.455 e. The highest BCUT2D eigenvalue weighted by molar-refractivity contribution is 9.10. The van der Waals surface area contributed by atoms with Gasteiger partial charge in [0.05, 0.1) is 11.8 Å². The molecule has 2 aromatic rings. The van der Waals surface area contributed by atoms with Crippen molar-refractivity contribution in [3.8, 4) is 11.5 Å². The van der Waals surface area contributed by atoms with E-state index in [4.69, 9.17) is 15.7 Å². The molecule has 1 aromatic heterocycles. The van der Waals surface area contributed by atoms with Gasteiger partial charge in [0.1, 0.15) is 11.5 Å². The van der Waals surface area contributed by atoms with E-state index in [1.165, 1.54) is 0 Å². The van der Waals surface area contributed by atoms with Crippen molar-refractivity contribution in [3.63, 3.8) is 0 Å². The van der Waals surface area contributed by atoms with Crippen molar-refractivity contribution < 1.29 is 9.94 Å². The lowest BCUT2D eigenvalue weighted by Gasteiger charge is -2.10. The van der Waals surface area contributed by atoms with Crippen molar-refractivity contribution in [1.29, 1.82) is 0 Å². The molecule has 0 aliphatic carbocycles. The van der Waals surface area contributed by atoms with Gasteiger partial charge in [-0.15, -0.1) is 0 Å². The van der Waals surface area contributed by atoms with E-state index in [1.54, 1.807) is 42.7 Å². The van der Waals surface area contributed by atoms with Crippen LogP contribution in [0.4, 0.5) is 0 Å². The number of pyridine rings is 1. The zero-order chi connectivity index (χ0) is 13.0. The van der Waals surface area contributed by atoms with Crippen molar-refractivity contribution in [1.82, 2.24) is 4.98 Å². The smallest absolute Gasteiger partial charge is 0.173 e. The van der Waals surface area contributed by atoms with Gasteiger partial charge in [0, 0.05) is 10.7 Å². The van der Waals surface area contributed by atoms with E-state index in [1.807, 2.05) is 0 Å². The van der Waals surface area contributed by atoms with Crippen molar-refractivity contribution in [2.75, 3.05) is 0 Å². The molecule has 5 nitrogen and oxygen atoms in total. The number of rotatable bonds is 3. The molecule has 6 heteroatoms. The molecule has 1 heterocycles. The van der Waals surface area contributed by atoms with E-state index >= 15 is 0 Å². The van der Waals surface area contributed by atoms with Crippen LogP contribution in [-0.2, 0) is 0 Å². The van der Waals surface area contributed by atoms with Gasteiger partial charge in [0.25, 0.3) is 0 Å². The van der Waals surface area contributed by atoms with E-state index in [0.29, 0.717) is 17.1 Å². The third-order valence-corrected chi connectivity index (χ3v) is 2.68. The first-order valence-corrected chi connectivity index (χ1v) is 5.85. The third kappa shape index (κ3) is 2.78. The molecule has 0 bridgehead atoms. The average molecular weight is 308 g/mol. The molecule has 0 radical (unpaired) electrons. The Bertz CT molecular complexity index is 573. The minimum atomic E-state index is -0.0183. The van der Waals surface area contributed by atoms with Crippen LogP contribution in [0.2, 0.25) is 0 Å². The van der Waals surface area contributed by atoms with E-state index in [9.17, 15) is 0 Å². The summed E-state index contributed by atoms with van der Waals surface area (Å²) in [5.74, 6) is 1.04. The first kappa shape index (κ1) is 12.4. The normalized spacial score (nSPS) is 11.3. The summed E-state index contributed by atoms with van der Waals surface area (Å²) in [5.41, 5.74) is 6.10. The van der Waals surface area contributed by atoms with Crippen LogP contribution < -0.4 is 10.5 Å². The largest absolute Gasteiger partial charge is 0.455 e. The maximum atomic E-state index is 8.75. The number of oxime groups is 1. The van der Waals surface area contributed by atoms with Gasteiger partial charge in [-0.1, -0.05) is 21.1 Å². The maximum Gasteiger partial charge on any atom is 0.173 e. The molecule has 0 atom stereocenters. The fraction of sp³-hybridized carbons (Fsp3) is 0. The zero-order valence-electron chi connectivity index (χ0n) is 9.25. The predicted octanol–water partition coefficient (Wildman–Crippen LogP) is 2.73. The van der Waals surface area contributed by atoms with Gasteiger partial charge in [-0.3, -0.25) is 4.98 Å². The van der Waals surface area contributed by atoms with Crippen LogP contribution in [-0.4, -0.2) is 16.0 Å². The Hall–Kier alpha value is -2.08. The van der Waals surface area contributed by atoms with Crippen LogP contribution in [0.3, 0.4) is 0 Å². The topological polar surface area (TPSA) is 80.7 Å². The lowest BCUT2D eigenvalue weighted by Crippen LogP contribution is -2.14. The summed E-state index contributed by atoms with van der Waals surface area (Å²) in [4.78, 5) is 3.95. The number of aromatic nitrogens is 1. The molecule has 0 fully saturated rings. The third-order valence-electron chi connectivity index (χ3n) is 2.19. The molecule has 0 aliphatic heterocycles. The summed E-state index contributed by atoms with van der Waals surface area (Å²) in [7, 11) is 0. The van der Waals surface area contributed by atoms with Gasteiger partial charge in [-0.05, 0) is 30.3 Å². The standard InChI is InChI=1S/C12H10BrN3O2/c13-8-3-4-11(10(6-8)12(14)16-17)18-9-2-1-5-15-7-9/h1-7,17H,(H2,14,16). The van der Waals surface area contributed by atoms with Crippen LogP contribution in [0, 0.1) is 0 Å². The average Bonchev–Trinajstić information content (AvgIpc) is 2.41. The van der Waals surface area contributed by atoms with Gasteiger partial charge < -0.3 is 15.7 Å². The summed E-state index contributed by atoms with van der Waals surface area (Å²) in [6, 6.07) is 8.77. The number of ether oxygens (including phenoxy) is 1. The molecule has 1 aromatic carbocycles. The fourth-order valence-electron chi connectivity index (χ4n) is 1.38. The molecule has 0 aliphatic rings. The molecule has 0 saturated carbocycles. The Morgan fingerprint density at radius 3 is 2.89 bits per heavy atom. The Balaban J connectivity index is 2.39. The lowest BCUT2D eigenvalue weighted by molar-refractivity contribution is 0.318. The van der Waals surface area contributed by atoms with Gasteiger partial charge in [0.2, 0.25) is 0 Å². The summed E-state index contributed by atoms with van der Waals surface area (Å²) in [5, 5.41) is 11.7. The van der Waals surface area contributed by atoms with Gasteiger partial charge >= 0.3 is 0 Å². The minimum absolute atomic E-state index is 0.0183. The summed E-state index contributed by atoms with van der Waals surface area (Å²) >= 11 is 3.32. The van der Waals surface area contributed by atoms with Crippen molar-refractivity contribution >= 4 is 21.8 Å². The van der Waals surface area contributed by atoms with Crippen LogP contribution in [0.15, 0.2) is 52.4 Å². The van der Waals surface area contributed by atoms with E-state index in [0.717, 1.165) is 4.47 Å². The number of nitrogens with two attached hydrogens (primary N) is 1. The lowest BCUT2D eigenvalue weighted by atomic mass is 10.2. The predicted molar refractivity (Wildman–Crippen MR) is 71.0 cm³/mol. The Morgan fingerprint density at radius 2 is 2.22 bits per heavy atom. The molecule has 3 N–H and O–H groups in total. The van der Waals surface area contributed by atoms with Crippen LogP contribution in [0.1, 0.15) is 5.56 Å². The molecule has 2 rings (SSSR count). The highest BCUT2D eigenvalue weighted by Gasteiger charge is 2.10. The highest BCUT2D eigenvalue weighted by atomic mass is 79.9. The molecule has 0 unspecified atom stereocenters. The number of amidine groups is 1. The second kappa shape index (κ2) is 5.50. The molecule has 0 spiro atoms. The van der Waals surface area contributed by atoms with E-state index in [-0.39, 0.29) is 5.84 Å². The number of halogens is 1. The number of hydrogen-bond donors (Lipinski definition) is 2. The first-order chi connectivity index (χ1) is 8.70. The van der Waals surface area contributed by atoms with Crippen LogP contribution in [0.5, 0.6) is 11.5 Å². The van der Waals surface area contributed by atoms with Crippen LogP contribution in [0.25, 0.3) is 0 Å². The van der Waals surface area contributed by atoms with Crippen molar-refractivity contribution in [3.05, 3.63) is 52.8 Å². The van der Waals surface area contributed by atoms with Crippen molar-refractivity contribution in [2.24, 2.45) is 10.9 Å². The number of nitrogens with zero attached hydrogens (tertiary/aromatic N) is 2. The molecular formula is C12H10BrN3O2. The Labute approximate surface area is 112 Å².